The van der Waals surface area contributed by atoms with Crippen LogP contribution >= 0.6 is 11.6 Å². The Balaban J connectivity index is 1.41. The minimum absolute atomic E-state index is 0.0249. The van der Waals surface area contributed by atoms with Gasteiger partial charge in [0.25, 0.3) is 5.91 Å². The van der Waals surface area contributed by atoms with Gasteiger partial charge in [0.2, 0.25) is 0 Å². The van der Waals surface area contributed by atoms with Gasteiger partial charge in [-0.2, -0.15) is 5.10 Å². The fraction of sp³-hybridized carbons (Fsp3) is 0.524. The predicted molar refractivity (Wildman–Crippen MR) is 108 cm³/mol. The van der Waals surface area contributed by atoms with Crippen LogP contribution in [-0.2, 0) is 0 Å². The molecule has 5 nitrogen and oxygen atoms in total. The molecule has 2 aromatic rings. The van der Waals surface area contributed by atoms with Gasteiger partial charge in [-0.1, -0.05) is 23.7 Å². The average Bonchev–Trinajstić information content (AvgIpc) is 3.35. The lowest BCUT2D eigenvalue weighted by Crippen LogP contribution is -2.36. The van der Waals surface area contributed by atoms with Crippen molar-refractivity contribution in [3.05, 3.63) is 41.0 Å². The summed E-state index contributed by atoms with van der Waals surface area (Å²) >= 11 is 5.94. The van der Waals surface area contributed by atoms with Crippen LogP contribution in [-0.4, -0.2) is 59.1 Å². The zero-order valence-corrected chi connectivity index (χ0v) is 16.9. The van der Waals surface area contributed by atoms with Crippen molar-refractivity contribution in [1.82, 2.24) is 20.0 Å². The van der Waals surface area contributed by atoms with E-state index < -0.39 is 0 Å². The molecule has 1 heterocycles. The predicted octanol–water partition coefficient (Wildman–Crippen LogP) is 3.92. The van der Waals surface area contributed by atoms with E-state index in [1.54, 1.807) is 0 Å². The van der Waals surface area contributed by atoms with E-state index in [-0.39, 0.29) is 5.91 Å². The number of halogens is 1. The molecule has 0 spiro atoms. The minimum Gasteiger partial charge on any atom is -0.337 e. The number of carbonyl (C=O) groups is 1. The number of hydrogen-bond donors (Lipinski definition) is 1. The second-order valence-corrected chi connectivity index (χ2v) is 8.76. The maximum absolute atomic E-state index is 12.9. The molecule has 2 fully saturated rings. The van der Waals surface area contributed by atoms with Crippen LogP contribution in [0.4, 0.5) is 0 Å². The molecule has 2 unspecified atom stereocenters. The summed E-state index contributed by atoms with van der Waals surface area (Å²) in [5, 5.41) is 7.91. The molecule has 2 saturated carbocycles. The maximum atomic E-state index is 12.9. The second kappa shape index (κ2) is 7.28. The van der Waals surface area contributed by atoms with Crippen molar-refractivity contribution in [1.29, 1.82) is 0 Å². The fourth-order valence-corrected chi connectivity index (χ4v) is 4.97. The molecule has 2 aliphatic rings. The van der Waals surface area contributed by atoms with Gasteiger partial charge >= 0.3 is 0 Å². The van der Waals surface area contributed by atoms with Gasteiger partial charge in [0.15, 0.2) is 0 Å². The van der Waals surface area contributed by atoms with E-state index in [2.05, 4.69) is 29.2 Å². The summed E-state index contributed by atoms with van der Waals surface area (Å²) in [7, 11) is 6.28. The molecule has 0 radical (unpaired) electrons. The summed E-state index contributed by atoms with van der Waals surface area (Å²) in [6.45, 7) is 0. The van der Waals surface area contributed by atoms with Gasteiger partial charge in [-0.25, -0.2) is 0 Å². The van der Waals surface area contributed by atoms with Gasteiger partial charge in [0.1, 0.15) is 5.69 Å². The number of carbonyl (C=O) groups excluding carboxylic acids is 1. The van der Waals surface area contributed by atoms with Crippen molar-refractivity contribution in [3.8, 4) is 11.3 Å². The Kier molecular flexibility index (Phi) is 4.99. The molecule has 2 aliphatic carbocycles. The average molecular weight is 387 g/mol. The fourth-order valence-electron chi connectivity index (χ4n) is 4.85. The van der Waals surface area contributed by atoms with Gasteiger partial charge in [-0.05, 0) is 69.8 Å². The Labute approximate surface area is 165 Å². The van der Waals surface area contributed by atoms with Gasteiger partial charge in [-0.15, -0.1) is 0 Å². The quantitative estimate of drug-likeness (QED) is 0.866. The molecular formula is C21H27ClN4O. The van der Waals surface area contributed by atoms with E-state index in [0.29, 0.717) is 22.8 Å². The number of aromatic amines is 1. The topological polar surface area (TPSA) is 52.2 Å². The molecule has 0 saturated heterocycles. The van der Waals surface area contributed by atoms with E-state index in [9.17, 15) is 4.79 Å². The first-order valence-electron chi connectivity index (χ1n) is 9.67. The highest BCUT2D eigenvalue weighted by Crippen LogP contribution is 2.46. The van der Waals surface area contributed by atoms with Crippen molar-refractivity contribution >= 4 is 17.5 Å². The van der Waals surface area contributed by atoms with Crippen molar-refractivity contribution in [2.75, 3.05) is 21.1 Å². The summed E-state index contributed by atoms with van der Waals surface area (Å²) in [5.74, 6) is 1.53. The van der Waals surface area contributed by atoms with Gasteiger partial charge in [0.05, 0.1) is 5.69 Å². The van der Waals surface area contributed by atoms with Crippen LogP contribution in [0.25, 0.3) is 11.3 Å². The number of benzene rings is 1. The maximum Gasteiger partial charge on any atom is 0.271 e. The zero-order chi connectivity index (χ0) is 19.1. The molecule has 6 heteroatoms. The molecule has 144 valence electrons. The van der Waals surface area contributed by atoms with Crippen LogP contribution in [0.3, 0.4) is 0 Å². The molecule has 1 N–H and O–H groups in total. The summed E-state index contributed by atoms with van der Waals surface area (Å²) in [6, 6.07) is 10.4. The number of aromatic nitrogens is 2. The molecule has 0 aliphatic heterocycles. The smallest absolute Gasteiger partial charge is 0.271 e. The van der Waals surface area contributed by atoms with Gasteiger partial charge < -0.3 is 9.80 Å². The highest BCUT2D eigenvalue weighted by molar-refractivity contribution is 6.30. The third kappa shape index (κ3) is 3.63. The number of fused-ring (bicyclic) bond motifs is 1. The van der Waals surface area contributed by atoms with Crippen LogP contribution < -0.4 is 0 Å². The summed E-state index contributed by atoms with van der Waals surface area (Å²) in [4.78, 5) is 17.2. The summed E-state index contributed by atoms with van der Waals surface area (Å²) in [6.07, 6.45) is 4.77. The molecule has 4 atom stereocenters. The number of nitrogens with zero attached hydrogens (tertiary/aromatic N) is 3. The molecule has 27 heavy (non-hydrogen) atoms. The van der Waals surface area contributed by atoms with E-state index in [0.717, 1.165) is 35.9 Å². The van der Waals surface area contributed by atoms with E-state index in [1.165, 1.54) is 12.8 Å². The second-order valence-electron chi connectivity index (χ2n) is 8.32. The lowest BCUT2D eigenvalue weighted by molar-refractivity contribution is 0.0720. The monoisotopic (exact) mass is 386 g/mol. The lowest BCUT2D eigenvalue weighted by atomic mass is 10.0. The first kappa shape index (κ1) is 18.5. The Morgan fingerprint density at radius 2 is 1.63 bits per heavy atom. The van der Waals surface area contributed by atoms with Crippen molar-refractivity contribution in [2.45, 2.75) is 37.8 Å². The first-order valence-corrected chi connectivity index (χ1v) is 10.0. The summed E-state index contributed by atoms with van der Waals surface area (Å²) < 4.78 is 0. The van der Waals surface area contributed by atoms with Crippen LogP contribution in [0, 0.1) is 11.8 Å². The van der Waals surface area contributed by atoms with E-state index in [1.807, 2.05) is 42.3 Å². The number of rotatable bonds is 4. The summed E-state index contributed by atoms with van der Waals surface area (Å²) in [5.41, 5.74) is 2.26. The first-order chi connectivity index (χ1) is 12.9. The largest absolute Gasteiger partial charge is 0.337 e. The van der Waals surface area contributed by atoms with Crippen molar-refractivity contribution in [2.24, 2.45) is 11.8 Å². The van der Waals surface area contributed by atoms with Crippen LogP contribution in [0.5, 0.6) is 0 Å². The van der Waals surface area contributed by atoms with Gasteiger partial charge in [-0.3, -0.25) is 9.89 Å². The lowest BCUT2D eigenvalue weighted by Gasteiger charge is -2.26. The van der Waals surface area contributed by atoms with E-state index >= 15 is 0 Å². The number of H-pyrrole nitrogens is 1. The highest BCUT2D eigenvalue weighted by Gasteiger charge is 2.44. The van der Waals surface area contributed by atoms with Gasteiger partial charge in [0, 0.05) is 29.7 Å². The van der Waals surface area contributed by atoms with Crippen LogP contribution in [0.2, 0.25) is 5.02 Å². The Morgan fingerprint density at radius 3 is 2.22 bits per heavy atom. The minimum atomic E-state index is 0.0249. The normalized spacial score (nSPS) is 27.1. The molecule has 1 amide bonds. The Bertz CT molecular complexity index is 802. The third-order valence-electron chi connectivity index (χ3n) is 6.51. The highest BCUT2D eigenvalue weighted by atomic mass is 35.5. The number of amides is 1. The van der Waals surface area contributed by atoms with Crippen molar-refractivity contribution < 1.29 is 4.79 Å². The third-order valence-corrected chi connectivity index (χ3v) is 6.76. The van der Waals surface area contributed by atoms with Crippen LogP contribution in [0.15, 0.2) is 30.3 Å². The standard InChI is InChI=1S/C21H27ClN4O/c1-25(2)17-8-14-10-18(11-15(14)9-17)26(3)21(27)20-12-19(23-24-20)13-4-6-16(22)7-5-13/h4-7,12,14-15,17-18H,8-11H2,1-3H3,(H,23,24)/t14-,15+,17?,18?. The SMILES string of the molecule is CN(C)C1C[C@@H]2CC(N(C)C(=O)c3cc(-c4ccc(Cl)cc4)n[nH]3)C[C@@H]2C1. The number of hydrogen-bond acceptors (Lipinski definition) is 3. The van der Waals surface area contributed by atoms with Crippen LogP contribution in [0.1, 0.15) is 36.2 Å². The number of nitrogens with one attached hydrogen (secondary N) is 1. The molecule has 1 aromatic carbocycles. The molecule has 1 aromatic heterocycles. The molecule has 4 rings (SSSR count). The molecule has 0 bridgehead atoms. The Hall–Kier alpha value is -1.85. The zero-order valence-electron chi connectivity index (χ0n) is 16.2. The van der Waals surface area contributed by atoms with E-state index in [4.69, 9.17) is 11.6 Å². The van der Waals surface area contributed by atoms with Crippen molar-refractivity contribution in [3.63, 3.8) is 0 Å². The Morgan fingerprint density at radius 1 is 1.04 bits per heavy atom. The molecular weight excluding hydrogens is 360 g/mol.